The highest BCUT2D eigenvalue weighted by Crippen LogP contribution is 2.25. The van der Waals surface area contributed by atoms with Crippen LogP contribution in [0, 0.1) is 17.1 Å². The van der Waals surface area contributed by atoms with Gasteiger partial charge in [-0.3, -0.25) is 4.79 Å². The largest absolute Gasteiger partial charge is 0.483 e. The van der Waals surface area contributed by atoms with Crippen molar-refractivity contribution in [2.24, 2.45) is 0 Å². The number of amides is 1. The van der Waals surface area contributed by atoms with E-state index in [1.165, 1.54) is 18.2 Å². The standard InChI is InChI=1S/C14H18FN3O2/c1-10(17-2)12-8-11(15)4-5-13(12)20-9-14(19)18-7-3-6-16/h4-5,8,10,17H,3,7,9H2,1-2H3,(H,18,19). The zero-order chi connectivity index (χ0) is 15.0. The van der Waals surface area contributed by atoms with Gasteiger partial charge in [0.2, 0.25) is 0 Å². The Morgan fingerprint density at radius 2 is 2.30 bits per heavy atom. The van der Waals surface area contributed by atoms with Crippen molar-refractivity contribution < 1.29 is 13.9 Å². The van der Waals surface area contributed by atoms with Gasteiger partial charge in [-0.25, -0.2) is 4.39 Å². The van der Waals surface area contributed by atoms with Gasteiger partial charge in [0.15, 0.2) is 6.61 Å². The number of hydrogen-bond donors (Lipinski definition) is 2. The van der Waals surface area contributed by atoms with Crippen molar-refractivity contribution >= 4 is 5.91 Å². The van der Waals surface area contributed by atoms with Crippen LogP contribution in [0.5, 0.6) is 5.75 Å². The molecule has 0 saturated carbocycles. The molecule has 0 heterocycles. The van der Waals surface area contributed by atoms with Gasteiger partial charge in [-0.1, -0.05) is 0 Å². The number of benzene rings is 1. The number of carbonyl (C=O) groups is 1. The maximum atomic E-state index is 13.3. The fourth-order valence-corrected chi connectivity index (χ4v) is 1.60. The second-order valence-electron chi connectivity index (χ2n) is 4.24. The highest BCUT2D eigenvalue weighted by Gasteiger charge is 2.12. The Hall–Kier alpha value is -2.13. The van der Waals surface area contributed by atoms with E-state index in [0.29, 0.717) is 17.9 Å². The molecule has 0 bridgehead atoms. The topological polar surface area (TPSA) is 74.2 Å². The number of carbonyl (C=O) groups excluding carboxylic acids is 1. The zero-order valence-corrected chi connectivity index (χ0v) is 11.6. The van der Waals surface area contributed by atoms with E-state index in [1.807, 2.05) is 13.0 Å². The van der Waals surface area contributed by atoms with Crippen LogP contribution in [-0.2, 0) is 4.79 Å². The van der Waals surface area contributed by atoms with Crippen molar-refractivity contribution in [3.63, 3.8) is 0 Å². The van der Waals surface area contributed by atoms with Gasteiger partial charge in [0, 0.05) is 18.2 Å². The van der Waals surface area contributed by atoms with Gasteiger partial charge in [-0.2, -0.15) is 5.26 Å². The van der Waals surface area contributed by atoms with Gasteiger partial charge < -0.3 is 15.4 Å². The lowest BCUT2D eigenvalue weighted by Crippen LogP contribution is -2.29. The Morgan fingerprint density at radius 3 is 2.95 bits per heavy atom. The minimum atomic E-state index is -0.354. The first-order chi connectivity index (χ1) is 9.58. The van der Waals surface area contributed by atoms with E-state index in [0.717, 1.165) is 0 Å². The van der Waals surface area contributed by atoms with Crippen LogP contribution in [0.15, 0.2) is 18.2 Å². The SMILES string of the molecule is CNC(C)c1cc(F)ccc1OCC(=O)NCCC#N. The summed E-state index contributed by atoms with van der Waals surface area (Å²) in [7, 11) is 1.76. The summed E-state index contributed by atoms with van der Waals surface area (Å²) in [4.78, 5) is 11.5. The van der Waals surface area contributed by atoms with Crippen LogP contribution in [0.25, 0.3) is 0 Å². The van der Waals surface area contributed by atoms with Gasteiger partial charge in [0.25, 0.3) is 5.91 Å². The fourth-order valence-electron chi connectivity index (χ4n) is 1.60. The first kappa shape index (κ1) is 15.9. The monoisotopic (exact) mass is 279 g/mol. The Balaban J connectivity index is 2.63. The third-order valence-corrected chi connectivity index (χ3v) is 2.79. The Kier molecular flexibility index (Phi) is 6.47. The van der Waals surface area contributed by atoms with Gasteiger partial charge in [0.1, 0.15) is 11.6 Å². The molecular weight excluding hydrogens is 261 g/mol. The third-order valence-electron chi connectivity index (χ3n) is 2.79. The van der Waals surface area contributed by atoms with Crippen molar-refractivity contribution in [1.82, 2.24) is 10.6 Å². The molecule has 0 spiro atoms. The third kappa shape index (κ3) is 4.86. The van der Waals surface area contributed by atoms with E-state index in [2.05, 4.69) is 10.6 Å². The highest BCUT2D eigenvalue weighted by atomic mass is 19.1. The van der Waals surface area contributed by atoms with E-state index in [1.54, 1.807) is 7.05 Å². The molecule has 6 heteroatoms. The predicted octanol–water partition coefficient (Wildman–Crippen LogP) is 1.51. The summed E-state index contributed by atoms with van der Waals surface area (Å²) in [6.45, 7) is 2.00. The number of nitrogens with one attached hydrogen (secondary N) is 2. The summed E-state index contributed by atoms with van der Waals surface area (Å²) in [5.74, 6) is -0.204. The molecule has 108 valence electrons. The number of ether oxygens (including phenoxy) is 1. The first-order valence-electron chi connectivity index (χ1n) is 6.31. The molecule has 1 rings (SSSR count). The molecule has 1 atom stereocenters. The molecule has 0 radical (unpaired) electrons. The molecule has 0 aromatic heterocycles. The summed E-state index contributed by atoms with van der Waals surface area (Å²) in [5.41, 5.74) is 0.650. The number of hydrogen-bond acceptors (Lipinski definition) is 4. The van der Waals surface area contributed by atoms with E-state index in [-0.39, 0.29) is 30.8 Å². The highest BCUT2D eigenvalue weighted by molar-refractivity contribution is 5.77. The molecule has 20 heavy (non-hydrogen) atoms. The smallest absolute Gasteiger partial charge is 0.257 e. The molecule has 2 N–H and O–H groups in total. The Morgan fingerprint density at radius 1 is 1.55 bits per heavy atom. The lowest BCUT2D eigenvalue weighted by atomic mass is 10.1. The van der Waals surface area contributed by atoms with Crippen molar-refractivity contribution in [3.8, 4) is 11.8 Å². The Bertz CT molecular complexity index is 500. The normalized spacial score (nSPS) is 11.5. The molecule has 1 aromatic carbocycles. The molecule has 0 fully saturated rings. The van der Waals surface area contributed by atoms with Gasteiger partial charge in [-0.15, -0.1) is 0 Å². The molecule has 0 saturated heterocycles. The molecule has 0 aliphatic rings. The zero-order valence-electron chi connectivity index (χ0n) is 11.6. The number of nitrogens with zero attached hydrogens (tertiary/aromatic N) is 1. The predicted molar refractivity (Wildman–Crippen MR) is 72.6 cm³/mol. The van der Waals surface area contributed by atoms with Crippen LogP contribution in [-0.4, -0.2) is 26.1 Å². The van der Waals surface area contributed by atoms with Gasteiger partial charge in [-0.05, 0) is 32.2 Å². The molecule has 1 unspecified atom stereocenters. The molecular formula is C14H18FN3O2. The molecule has 1 amide bonds. The van der Waals surface area contributed by atoms with Crippen molar-refractivity contribution in [2.75, 3.05) is 20.2 Å². The van der Waals surface area contributed by atoms with E-state index in [4.69, 9.17) is 10.00 Å². The molecule has 5 nitrogen and oxygen atoms in total. The van der Waals surface area contributed by atoms with Crippen LogP contribution in [0.2, 0.25) is 0 Å². The summed E-state index contributed by atoms with van der Waals surface area (Å²) >= 11 is 0. The summed E-state index contributed by atoms with van der Waals surface area (Å²) in [6.07, 6.45) is 0.254. The lowest BCUT2D eigenvalue weighted by molar-refractivity contribution is -0.123. The Labute approximate surface area is 117 Å². The minimum Gasteiger partial charge on any atom is -0.483 e. The molecule has 0 aliphatic carbocycles. The number of halogens is 1. The quantitative estimate of drug-likeness (QED) is 0.742. The lowest BCUT2D eigenvalue weighted by Gasteiger charge is -2.16. The van der Waals surface area contributed by atoms with Gasteiger partial charge >= 0.3 is 0 Å². The van der Waals surface area contributed by atoms with Gasteiger partial charge in [0.05, 0.1) is 12.5 Å². The van der Waals surface area contributed by atoms with Crippen LogP contribution in [0.4, 0.5) is 4.39 Å². The fraction of sp³-hybridized carbons (Fsp3) is 0.429. The van der Waals surface area contributed by atoms with E-state index in [9.17, 15) is 9.18 Å². The molecule has 0 aliphatic heterocycles. The van der Waals surface area contributed by atoms with Crippen molar-refractivity contribution in [2.45, 2.75) is 19.4 Å². The second-order valence-corrected chi connectivity index (χ2v) is 4.24. The summed E-state index contributed by atoms with van der Waals surface area (Å²) in [5, 5.41) is 13.9. The van der Waals surface area contributed by atoms with Crippen LogP contribution in [0.1, 0.15) is 24.9 Å². The average Bonchev–Trinajstić information content (AvgIpc) is 2.45. The summed E-state index contributed by atoms with van der Waals surface area (Å²) in [6, 6.07) is 6.00. The first-order valence-corrected chi connectivity index (χ1v) is 6.31. The number of nitriles is 1. The van der Waals surface area contributed by atoms with Crippen LogP contribution >= 0.6 is 0 Å². The maximum Gasteiger partial charge on any atom is 0.257 e. The second kappa shape index (κ2) is 8.12. The van der Waals surface area contributed by atoms with E-state index < -0.39 is 0 Å². The number of rotatable bonds is 7. The summed E-state index contributed by atoms with van der Waals surface area (Å²) < 4.78 is 18.7. The van der Waals surface area contributed by atoms with Crippen molar-refractivity contribution in [3.05, 3.63) is 29.6 Å². The minimum absolute atomic E-state index is 0.0950. The van der Waals surface area contributed by atoms with Crippen molar-refractivity contribution in [1.29, 1.82) is 5.26 Å². The molecule has 1 aromatic rings. The van der Waals surface area contributed by atoms with Crippen LogP contribution in [0.3, 0.4) is 0 Å². The average molecular weight is 279 g/mol. The van der Waals surface area contributed by atoms with Crippen LogP contribution < -0.4 is 15.4 Å². The van der Waals surface area contributed by atoms with E-state index >= 15 is 0 Å². The maximum absolute atomic E-state index is 13.3.